The molecule has 0 saturated carbocycles. The van der Waals surface area contributed by atoms with Crippen molar-refractivity contribution in [2.24, 2.45) is 0 Å². The Labute approximate surface area is 222 Å². The van der Waals surface area contributed by atoms with E-state index in [1.807, 2.05) is 51.1 Å². The molecule has 196 valence electrons. The molecule has 1 N–H and O–H groups in total. The summed E-state index contributed by atoms with van der Waals surface area (Å²) in [5.41, 5.74) is 3.47. The molecule has 2 amide bonds. The Morgan fingerprint density at radius 2 is 1.71 bits per heavy atom. The van der Waals surface area contributed by atoms with Gasteiger partial charge >= 0.3 is 6.09 Å². The predicted molar refractivity (Wildman–Crippen MR) is 147 cm³/mol. The Balaban J connectivity index is 1.27. The molecule has 5 rings (SSSR count). The van der Waals surface area contributed by atoms with Crippen LogP contribution in [0.5, 0.6) is 0 Å². The number of ether oxygens (including phenoxy) is 1. The molecule has 1 aliphatic rings. The van der Waals surface area contributed by atoms with Crippen LogP contribution in [0.3, 0.4) is 0 Å². The zero-order chi connectivity index (χ0) is 26.7. The highest BCUT2D eigenvalue weighted by Gasteiger charge is 2.26. The number of hydrogen-bond acceptors (Lipinski definition) is 6. The summed E-state index contributed by atoms with van der Waals surface area (Å²) in [6.07, 6.45) is 2.94. The van der Waals surface area contributed by atoms with E-state index in [-0.39, 0.29) is 12.0 Å². The number of rotatable bonds is 5. The largest absolute Gasteiger partial charge is 0.456 e. The van der Waals surface area contributed by atoms with E-state index in [0.717, 1.165) is 41.7 Å². The first-order valence-corrected chi connectivity index (χ1v) is 12.8. The molecule has 0 atom stereocenters. The van der Waals surface area contributed by atoms with Crippen molar-refractivity contribution in [1.82, 2.24) is 14.8 Å². The molecule has 8 heteroatoms. The second-order valence-electron chi connectivity index (χ2n) is 10.5. The van der Waals surface area contributed by atoms with Gasteiger partial charge in [-0.05, 0) is 62.7 Å². The lowest BCUT2D eigenvalue weighted by Gasteiger charge is -2.35. The first-order chi connectivity index (χ1) is 18.2. The third-order valence-corrected chi connectivity index (χ3v) is 6.40. The number of carbonyl (C=O) groups is 2. The van der Waals surface area contributed by atoms with Gasteiger partial charge in [0.2, 0.25) is 0 Å². The molecule has 1 saturated heterocycles. The summed E-state index contributed by atoms with van der Waals surface area (Å²) in [4.78, 5) is 33.1. The van der Waals surface area contributed by atoms with Crippen molar-refractivity contribution in [3.05, 3.63) is 84.2 Å². The molecule has 0 aliphatic carbocycles. The quantitative estimate of drug-likeness (QED) is 0.364. The molecule has 1 aliphatic heterocycles. The molecule has 4 aromatic rings. The fourth-order valence-electron chi connectivity index (χ4n) is 4.48. The minimum atomic E-state index is -0.489. The third kappa shape index (κ3) is 6.03. The SMILES string of the molecule is CC(C)(C)OC(=O)N1CCN(Cc2ccc3cc(-c4ccccc4NC(=O)c4ccncc4)oc3c2)CC1. The standard InChI is InChI=1S/C30H32N4O4/c1-30(2,3)38-29(36)34-16-14-33(15-17-34)20-21-8-9-23-19-27(37-26(23)18-21)24-6-4-5-7-25(24)32-28(35)22-10-12-31-13-11-22/h4-13,18-19H,14-17,20H2,1-3H3,(H,32,35). The van der Waals surface area contributed by atoms with Crippen molar-refractivity contribution in [3.8, 4) is 11.3 Å². The van der Waals surface area contributed by atoms with Crippen LogP contribution in [0.2, 0.25) is 0 Å². The third-order valence-electron chi connectivity index (χ3n) is 6.40. The highest BCUT2D eigenvalue weighted by molar-refractivity contribution is 6.06. The highest BCUT2D eigenvalue weighted by Crippen LogP contribution is 2.33. The van der Waals surface area contributed by atoms with Crippen molar-refractivity contribution >= 4 is 28.7 Å². The monoisotopic (exact) mass is 512 g/mol. The van der Waals surface area contributed by atoms with Gasteiger partial charge in [-0.3, -0.25) is 14.7 Å². The topological polar surface area (TPSA) is 87.9 Å². The van der Waals surface area contributed by atoms with Crippen molar-refractivity contribution in [2.75, 3.05) is 31.5 Å². The number of piperazine rings is 1. The number of amides is 2. The summed E-state index contributed by atoms with van der Waals surface area (Å²) >= 11 is 0. The maximum Gasteiger partial charge on any atom is 0.410 e. The summed E-state index contributed by atoms with van der Waals surface area (Å²) in [5, 5.41) is 3.98. The normalized spacial score (nSPS) is 14.4. The van der Waals surface area contributed by atoms with Crippen LogP contribution in [-0.4, -0.2) is 58.6 Å². The molecule has 0 unspecified atom stereocenters. The molecule has 1 fully saturated rings. The van der Waals surface area contributed by atoms with E-state index in [1.54, 1.807) is 29.4 Å². The van der Waals surface area contributed by atoms with Gasteiger partial charge < -0.3 is 19.4 Å². The number of anilines is 1. The summed E-state index contributed by atoms with van der Waals surface area (Å²) in [7, 11) is 0. The first kappa shape index (κ1) is 25.5. The number of hydrogen-bond donors (Lipinski definition) is 1. The van der Waals surface area contributed by atoms with E-state index in [1.165, 1.54) is 0 Å². The van der Waals surface area contributed by atoms with Gasteiger partial charge in [-0.2, -0.15) is 0 Å². The van der Waals surface area contributed by atoms with Crippen LogP contribution in [-0.2, 0) is 11.3 Å². The van der Waals surface area contributed by atoms with E-state index in [0.29, 0.717) is 30.1 Å². The van der Waals surface area contributed by atoms with Crippen LogP contribution in [0.25, 0.3) is 22.3 Å². The Morgan fingerprint density at radius 3 is 2.45 bits per heavy atom. The summed E-state index contributed by atoms with van der Waals surface area (Å²) in [6, 6.07) is 19.2. The average Bonchev–Trinajstić information content (AvgIpc) is 3.32. The van der Waals surface area contributed by atoms with E-state index in [4.69, 9.17) is 9.15 Å². The second kappa shape index (κ2) is 10.7. The minimum absolute atomic E-state index is 0.204. The molecular weight excluding hydrogens is 480 g/mol. The van der Waals surface area contributed by atoms with Gasteiger partial charge in [-0.15, -0.1) is 0 Å². The number of carbonyl (C=O) groups excluding carboxylic acids is 2. The molecule has 2 aromatic heterocycles. The summed E-state index contributed by atoms with van der Waals surface area (Å²) < 4.78 is 11.8. The number of nitrogens with zero attached hydrogens (tertiary/aromatic N) is 3. The van der Waals surface area contributed by atoms with Crippen LogP contribution in [0, 0.1) is 0 Å². The smallest absolute Gasteiger partial charge is 0.410 e. The number of fused-ring (bicyclic) bond motifs is 1. The molecule has 0 radical (unpaired) electrons. The minimum Gasteiger partial charge on any atom is -0.456 e. The fraction of sp³-hybridized carbons (Fsp3) is 0.300. The van der Waals surface area contributed by atoms with E-state index < -0.39 is 5.60 Å². The van der Waals surface area contributed by atoms with Crippen LogP contribution in [0.15, 0.2) is 77.5 Å². The van der Waals surface area contributed by atoms with Crippen LogP contribution in [0.1, 0.15) is 36.7 Å². The van der Waals surface area contributed by atoms with E-state index in [2.05, 4.69) is 33.4 Å². The first-order valence-electron chi connectivity index (χ1n) is 12.8. The lowest BCUT2D eigenvalue weighted by Crippen LogP contribution is -2.49. The Bertz CT molecular complexity index is 1430. The van der Waals surface area contributed by atoms with Gasteiger partial charge in [-0.25, -0.2) is 4.79 Å². The van der Waals surface area contributed by atoms with E-state index in [9.17, 15) is 9.59 Å². The van der Waals surface area contributed by atoms with Crippen LogP contribution < -0.4 is 5.32 Å². The molecule has 2 aromatic carbocycles. The van der Waals surface area contributed by atoms with Gasteiger partial charge in [0.15, 0.2) is 0 Å². The summed E-state index contributed by atoms with van der Waals surface area (Å²) in [6.45, 7) is 9.27. The number of aromatic nitrogens is 1. The lowest BCUT2D eigenvalue weighted by atomic mass is 10.1. The van der Waals surface area contributed by atoms with Gasteiger partial charge in [0.1, 0.15) is 16.9 Å². The van der Waals surface area contributed by atoms with Gasteiger partial charge in [0, 0.05) is 61.6 Å². The number of benzene rings is 2. The zero-order valence-electron chi connectivity index (χ0n) is 21.9. The second-order valence-corrected chi connectivity index (χ2v) is 10.5. The predicted octanol–water partition coefficient (Wildman–Crippen LogP) is 5.80. The van der Waals surface area contributed by atoms with Gasteiger partial charge in [0.05, 0.1) is 5.69 Å². The highest BCUT2D eigenvalue weighted by atomic mass is 16.6. The Hall–Kier alpha value is -4.17. The number of furan rings is 1. The molecule has 38 heavy (non-hydrogen) atoms. The van der Waals surface area contributed by atoms with Gasteiger partial charge in [0.25, 0.3) is 5.91 Å². The zero-order valence-corrected chi connectivity index (χ0v) is 21.9. The molecule has 3 heterocycles. The van der Waals surface area contributed by atoms with Crippen molar-refractivity contribution in [2.45, 2.75) is 32.9 Å². The van der Waals surface area contributed by atoms with Crippen molar-refractivity contribution < 1.29 is 18.7 Å². The van der Waals surface area contributed by atoms with E-state index >= 15 is 0 Å². The van der Waals surface area contributed by atoms with Crippen LogP contribution >= 0.6 is 0 Å². The van der Waals surface area contributed by atoms with Gasteiger partial charge in [-0.1, -0.05) is 24.3 Å². The maximum absolute atomic E-state index is 12.7. The molecule has 8 nitrogen and oxygen atoms in total. The van der Waals surface area contributed by atoms with Crippen molar-refractivity contribution in [1.29, 1.82) is 0 Å². The maximum atomic E-state index is 12.7. The molecular formula is C30H32N4O4. The average molecular weight is 513 g/mol. The molecule has 0 spiro atoms. The molecule has 0 bridgehead atoms. The van der Waals surface area contributed by atoms with Crippen LogP contribution in [0.4, 0.5) is 10.5 Å². The van der Waals surface area contributed by atoms with Crippen molar-refractivity contribution in [3.63, 3.8) is 0 Å². The fourth-order valence-corrected chi connectivity index (χ4v) is 4.48. The Kier molecular flexibility index (Phi) is 7.15. The number of para-hydroxylation sites is 1. The Morgan fingerprint density at radius 1 is 0.974 bits per heavy atom. The number of nitrogens with one attached hydrogen (secondary N) is 1. The number of pyridine rings is 1. The summed E-state index contributed by atoms with van der Waals surface area (Å²) in [5.74, 6) is 0.485. The lowest BCUT2D eigenvalue weighted by molar-refractivity contribution is 0.0139.